The van der Waals surface area contributed by atoms with Gasteiger partial charge in [-0.2, -0.15) is 0 Å². The minimum atomic E-state index is -0.696. The molecule has 0 aliphatic rings. The van der Waals surface area contributed by atoms with Crippen LogP contribution in [0.1, 0.15) is 36.8 Å². The van der Waals surface area contributed by atoms with Gasteiger partial charge >= 0.3 is 11.9 Å². The second-order valence-electron chi connectivity index (χ2n) is 6.17. The standard InChI is InChI=1S/C21H17FN2O5/c1-11-8-16(15-10-13(22)5-7-17(15)23-11)19(25)24-18-9-12(20(26)28-2)4-6-14(18)21(27)29-3/h4-10H,1-3H3,(H,24,25). The van der Waals surface area contributed by atoms with Crippen LogP contribution in [0.4, 0.5) is 10.1 Å². The van der Waals surface area contributed by atoms with Gasteiger partial charge < -0.3 is 14.8 Å². The molecule has 0 saturated carbocycles. The van der Waals surface area contributed by atoms with Gasteiger partial charge in [0.05, 0.1) is 42.1 Å². The second-order valence-corrected chi connectivity index (χ2v) is 6.17. The normalized spacial score (nSPS) is 10.5. The van der Waals surface area contributed by atoms with Gasteiger partial charge in [0.25, 0.3) is 5.91 Å². The number of carbonyl (C=O) groups excluding carboxylic acids is 3. The maximum Gasteiger partial charge on any atom is 0.339 e. The Kier molecular flexibility index (Phi) is 5.54. The number of amides is 1. The lowest BCUT2D eigenvalue weighted by molar-refractivity contribution is 0.0587. The number of esters is 2. The van der Waals surface area contributed by atoms with E-state index in [0.29, 0.717) is 16.6 Å². The summed E-state index contributed by atoms with van der Waals surface area (Å²) in [7, 11) is 2.42. The number of hydrogen-bond donors (Lipinski definition) is 1. The summed E-state index contributed by atoms with van der Waals surface area (Å²) < 4.78 is 23.1. The lowest BCUT2D eigenvalue weighted by Crippen LogP contribution is -2.17. The number of aryl methyl sites for hydroxylation is 1. The van der Waals surface area contributed by atoms with Crippen LogP contribution in [0.2, 0.25) is 0 Å². The van der Waals surface area contributed by atoms with E-state index in [1.165, 1.54) is 56.7 Å². The van der Waals surface area contributed by atoms with Crippen LogP contribution in [-0.2, 0) is 9.47 Å². The lowest BCUT2D eigenvalue weighted by atomic mass is 10.1. The Morgan fingerprint density at radius 3 is 2.34 bits per heavy atom. The first-order valence-electron chi connectivity index (χ1n) is 8.53. The van der Waals surface area contributed by atoms with Gasteiger partial charge in [-0.3, -0.25) is 9.78 Å². The molecule has 2 aromatic carbocycles. The van der Waals surface area contributed by atoms with Crippen molar-refractivity contribution in [3.63, 3.8) is 0 Å². The lowest BCUT2D eigenvalue weighted by Gasteiger charge is -2.13. The molecule has 0 aliphatic carbocycles. The second kappa shape index (κ2) is 8.05. The number of nitrogens with one attached hydrogen (secondary N) is 1. The Morgan fingerprint density at radius 1 is 0.931 bits per heavy atom. The van der Waals surface area contributed by atoms with E-state index in [9.17, 15) is 18.8 Å². The van der Waals surface area contributed by atoms with E-state index in [-0.39, 0.29) is 22.4 Å². The Balaban J connectivity index is 2.09. The first-order chi connectivity index (χ1) is 13.8. The summed E-state index contributed by atoms with van der Waals surface area (Å²) in [5.74, 6) is -2.44. The minimum absolute atomic E-state index is 0.0507. The predicted molar refractivity (Wildman–Crippen MR) is 104 cm³/mol. The van der Waals surface area contributed by atoms with E-state index in [4.69, 9.17) is 4.74 Å². The molecule has 1 heterocycles. The fourth-order valence-corrected chi connectivity index (χ4v) is 2.89. The number of ether oxygens (including phenoxy) is 2. The molecule has 29 heavy (non-hydrogen) atoms. The van der Waals surface area contributed by atoms with Crippen molar-refractivity contribution < 1.29 is 28.2 Å². The van der Waals surface area contributed by atoms with Crippen LogP contribution in [0.25, 0.3) is 10.9 Å². The van der Waals surface area contributed by atoms with Crippen molar-refractivity contribution in [3.05, 3.63) is 70.7 Å². The monoisotopic (exact) mass is 396 g/mol. The van der Waals surface area contributed by atoms with Gasteiger partial charge in [0.1, 0.15) is 5.82 Å². The van der Waals surface area contributed by atoms with E-state index in [0.717, 1.165) is 0 Å². The van der Waals surface area contributed by atoms with Crippen LogP contribution < -0.4 is 5.32 Å². The van der Waals surface area contributed by atoms with Gasteiger partial charge in [-0.1, -0.05) is 0 Å². The van der Waals surface area contributed by atoms with Gasteiger partial charge in [-0.15, -0.1) is 0 Å². The predicted octanol–water partition coefficient (Wildman–Crippen LogP) is 3.51. The highest BCUT2D eigenvalue weighted by Crippen LogP contribution is 2.24. The molecular weight excluding hydrogens is 379 g/mol. The van der Waals surface area contributed by atoms with Crippen molar-refractivity contribution in [3.8, 4) is 0 Å². The third kappa shape index (κ3) is 4.06. The molecule has 1 N–H and O–H groups in total. The molecule has 0 spiro atoms. The van der Waals surface area contributed by atoms with Crippen LogP contribution in [0.5, 0.6) is 0 Å². The van der Waals surface area contributed by atoms with Crippen LogP contribution in [0.15, 0.2) is 42.5 Å². The molecule has 0 saturated heterocycles. The zero-order valence-electron chi connectivity index (χ0n) is 15.9. The van der Waals surface area contributed by atoms with E-state index in [2.05, 4.69) is 15.0 Å². The fourth-order valence-electron chi connectivity index (χ4n) is 2.89. The number of halogens is 1. The summed E-state index contributed by atoms with van der Waals surface area (Å²) in [5.41, 5.74) is 1.43. The molecule has 7 nitrogen and oxygen atoms in total. The average molecular weight is 396 g/mol. The number of pyridine rings is 1. The molecular formula is C21H17FN2O5. The summed E-state index contributed by atoms with van der Waals surface area (Å²) in [6.07, 6.45) is 0. The zero-order valence-corrected chi connectivity index (χ0v) is 15.9. The smallest absolute Gasteiger partial charge is 0.339 e. The minimum Gasteiger partial charge on any atom is -0.465 e. The largest absolute Gasteiger partial charge is 0.465 e. The third-order valence-corrected chi connectivity index (χ3v) is 4.24. The number of rotatable bonds is 4. The Hall–Kier alpha value is -3.81. The van der Waals surface area contributed by atoms with E-state index in [1.807, 2.05) is 0 Å². The number of benzene rings is 2. The first kappa shape index (κ1) is 19.9. The number of fused-ring (bicyclic) bond motifs is 1. The van der Waals surface area contributed by atoms with Gasteiger partial charge in [-0.05, 0) is 49.4 Å². The van der Waals surface area contributed by atoms with Crippen molar-refractivity contribution >= 4 is 34.4 Å². The molecule has 0 unspecified atom stereocenters. The Labute approximate surface area is 165 Å². The van der Waals surface area contributed by atoms with Crippen LogP contribution >= 0.6 is 0 Å². The molecule has 0 atom stereocenters. The zero-order chi connectivity index (χ0) is 21.1. The van der Waals surface area contributed by atoms with Crippen LogP contribution in [0, 0.1) is 12.7 Å². The van der Waals surface area contributed by atoms with Crippen LogP contribution in [-0.4, -0.2) is 37.0 Å². The van der Waals surface area contributed by atoms with Crippen molar-refractivity contribution in [2.75, 3.05) is 19.5 Å². The Bertz CT molecular complexity index is 1140. The van der Waals surface area contributed by atoms with Crippen molar-refractivity contribution in [1.82, 2.24) is 4.98 Å². The number of methoxy groups -OCH3 is 2. The molecule has 0 radical (unpaired) electrons. The third-order valence-electron chi connectivity index (χ3n) is 4.24. The number of hydrogen-bond acceptors (Lipinski definition) is 6. The molecule has 8 heteroatoms. The molecule has 0 bridgehead atoms. The number of carbonyl (C=O) groups is 3. The van der Waals surface area contributed by atoms with E-state index < -0.39 is 23.7 Å². The molecule has 148 valence electrons. The summed E-state index contributed by atoms with van der Waals surface area (Å²) in [4.78, 5) is 41.2. The van der Waals surface area contributed by atoms with E-state index >= 15 is 0 Å². The highest BCUT2D eigenvalue weighted by atomic mass is 19.1. The van der Waals surface area contributed by atoms with E-state index in [1.54, 1.807) is 6.92 Å². The van der Waals surface area contributed by atoms with Crippen molar-refractivity contribution in [2.24, 2.45) is 0 Å². The molecule has 3 rings (SSSR count). The maximum atomic E-state index is 13.7. The van der Waals surface area contributed by atoms with Crippen molar-refractivity contribution in [2.45, 2.75) is 6.92 Å². The molecule has 3 aromatic rings. The molecule has 0 aliphatic heterocycles. The number of aromatic nitrogens is 1. The van der Waals surface area contributed by atoms with Crippen LogP contribution in [0.3, 0.4) is 0 Å². The quantitative estimate of drug-likeness (QED) is 0.678. The molecule has 1 aromatic heterocycles. The SMILES string of the molecule is COC(=O)c1ccc(C(=O)OC)c(NC(=O)c2cc(C)nc3ccc(F)cc23)c1. The Morgan fingerprint density at radius 2 is 1.66 bits per heavy atom. The van der Waals surface area contributed by atoms with Gasteiger partial charge in [0.15, 0.2) is 0 Å². The first-order valence-corrected chi connectivity index (χ1v) is 8.53. The highest BCUT2D eigenvalue weighted by molar-refractivity contribution is 6.14. The summed E-state index contributed by atoms with van der Waals surface area (Å²) in [6.45, 7) is 1.71. The molecule has 0 fully saturated rings. The topological polar surface area (TPSA) is 94.6 Å². The number of nitrogens with zero attached hydrogens (tertiary/aromatic N) is 1. The summed E-state index contributed by atoms with van der Waals surface area (Å²) >= 11 is 0. The fraction of sp³-hybridized carbons (Fsp3) is 0.143. The molecule has 1 amide bonds. The summed E-state index contributed by atoms with van der Waals surface area (Å²) in [5, 5.41) is 2.92. The van der Waals surface area contributed by atoms with Gasteiger partial charge in [0, 0.05) is 11.1 Å². The maximum absolute atomic E-state index is 13.7. The summed E-state index contributed by atoms with van der Waals surface area (Å²) in [6, 6.07) is 9.50. The average Bonchev–Trinajstić information content (AvgIpc) is 2.72. The number of anilines is 1. The van der Waals surface area contributed by atoms with Crippen molar-refractivity contribution in [1.29, 1.82) is 0 Å². The highest BCUT2D eigenvalue weighted by Gasteiger charge is 2.19. The van der Waals surface area contributed by atoms with Gasteiger partial charge in [-0.25, -0.2) is 14.0 Å². The van der Waals surface area contributed by atoms with Gasteiger partial charge in [0.2, 0.25) is 0 Å².